The van der Waals surface area contributed by atoms with E-state index in [-0.39, 0.29) is 17.9 Å². The third kappa shape index (κ3) is 1.84. The second-order valence-corrected chi connectivity index (χ2v) is 3.51. The molecule has 0 spiro atoms. The largest absolute Gasteiger partial charge is 0.396 e. The molecule has 1 rings (SSSR count). The highest BCUT2D eigenvalue weighted by Crippen LogP contribution is 2.27. The molecule has 1 aliphatic carbocycles. The number of alkyl halides is 1. The fraction of sp³-hybridized carbons (Fsp3) is 1.00. The fourth-order valence-corrected chi connectivity index (χ4v) is 1.59. The van der Waals surface area contributed by atoms with Gasteiger partial charge in [-0.2, -0.15) is 0 Å². The van der Waals surface area contributed by atoms with Gasteiger partial charge in [0.1, 0.15) is 0 Å². The van der Waals surface area contributed by atoms with Crippen molar-refractivity contribution in [2.45, 2.75) is 30.7 Å². The van der Waals surface area contributed by atoms with Crippen molar-refractivity contribution in [1.82, 2.24) is 0 Å². The van der Waals surface area contributed by atoms with Crippen LogP contribution in [0.1, 0.15) is 19.3 Å². The average molecular weight is 165 g/mol. The lowest BCUT2D eigenvalue weighted by Crippen LogP contribution is -2.31. The number of halogens is 1. The first-order chi connectivity index (χ1) is 4.74. The molecule has 0 bridgehead atoms. The van der Waals surface area contributed by atoms with Gasteiger partial charge >= 0.3 is 0 Å². The minimum Gasteiger partial charge on any atom is -0.396 e. The van der Waals surface area contributed by atoms with E-state index in [0.717, 1.165) is 12.8 Å². The lowest BCUT2D eigenvalue weighted by atomic mass is 9.88. The molecule has 0 aromatic rings. The van der Waals surface area contributed by atoms with Gasteiger partial charge in [-0.25, -0.2) is 0 Å². The van der Waals surface area contributed by atoms with Crippen molar-refractivity contribution in [3.63, 3.8) is 0 Å². The van der Waals surface area contributed by atoms with Gasteiger partial charge in [0.2, 0.25) is 0 Å². The van der Waals surface area contributed by atoms with Gasteiger partial charge < -0.3 is 10.2 Å². The Morgan fingerprint density at radius 3 is 2.60 bits per heavy atom. The summed E-state index contributed by atoms with van der Waals surface area (Å²) in [7, 11) is 0. The van der Waals surface area contributed by atoms with Crippen molar-refractivity contribution in [1.29, 1.82) is 0 Å². The first-order valence-electron chi connectivity index (χ1n) is 3.67. The van der Waals surface area contributed by atoms with E-state index >= 15 is 0 Å². The molecule has 3 atom stereocenters. The van der Waals surface area contributed by atoms with E-state index < -0.39 is 6.10 Å². The topological polar surface area (TPSA) is 40.5 Å². The summed E-state index contributed by atoms with van der Waals surface area (Å²) in [5, 5.41) is 17.9. The van der Waals surface area contributed by atoms with Gasteiger partial charge in [0.05, 0.1) is 11.5 Å². The van der Waals surface area contributed by atoms with Crippen LogP contribution in [0, 0.1) is 5.92 Å². The maximum atomic E-state index is 9.24. The third-order valence-corrected chi connectivity index (χ3v) is 2.61. The molecule has 0 saturated heterocycles. The third-order valence-electron chi connectivity index (χ3n) is 2.10. The van der Waals surface area contributed by atoms with E-state index in [0.29, 0.717) is 6.42 Å². The molecule has 1 saturated carbocycles. The molecule has 2 N–H and O–H groups in total. The molecule has 3 heteroatoms. The average Bonchev–Trinajstić information content (AvgIpc) is 1.95. The molecule has 0 heterocycles. The zero-order chi connectivity index (χ0) is 7.56. The summed E-state index contributed by atoms with van der Waals surface area (Å²) in [5.41, 5.74) is 0. The highest BCUT2D eigenvalue weighted by molar-refractivity contribution is 6.21. The molecule has 0 aromatic carbocycles. The normalized spacial score (nSPS) is 41.7. The van der Waals surface area contributed by atoms with Crippen molar-refractivity contribution >= 4 is 11.6 Å². The van der Waals surface area contributed by atoms with E-state index in [9.17, 15) is 5.11 Å². The van der Waals surface area contributed by atoms with Crippen molar-refractivity contribution in [2.75, 3.05) is 6.61 Å². The van der Waals surface area contributed by atoms with E-state index in [4.69, 9.17) is 16.7 Å². The molecule has 10 heavy (non-hydrogen) atoms. The summed E-state index contributed by atoms with van der Waals surface area (Å²) in [5.74, 6) is 0.269. The van der Waals surface area contributed by atoms with Crippen molar-refractivity contribution in [3.8, 4) is 0 Å². The van der Waals surface area contributed by atoms with Gasteiger partial charge in [0, 0.05) is 6.61 Å². The van der Waals surface area contributed by atoms with Gasteiger partial charge in [0.25, 0.3) is 0 Å². The monoisotopic (exact) mass is 164 g/mol. The Hall–Kier alpha value is 0.210. The summed E-state index contributed by atoms with van der Waals surface area (Å²) in [6.45, 7) is 0.181. The Kier molecular flexibility index (Phi) is 2.96. The number of hydrogen-bond acceptors (Lipinski definition) is 2. The Bertz CT molecular complexity index is 108. The minimum absolute atomic E-state index is 0.0946. The van der Waals surface area contributed by atoms with Gasteiger partial charge in [-0.3, -0.25) is 0 Å². The predicted octanol–water partition coefficient (Wildman–Crippen LogP) is 0.747. The zero-order valence-electron chi connectivity index (χ0n) is 5.83. The molecule has 2 nitrogen and oxygen atoms in total. The van der Waals surface area contributed by atoms with Crippen LogP contribution in [-0.2, 0) is 0 Å². The second-order valence-electron chi connectivity index (χ2n) is 2.94. The summed E-state index contributed by atoms with van der Waals surface area (Å²) in [6, 6.07) is 0. The number of aliphatic hydroxyl groups excluding tert-OH is 2. The van der Waals surface area contributed by atoms with E-state index in [2.05, 4.69) is 0 Å². The SMILES string of the molecule is OCC1CCC(Cl)C(O)C1. The molecular formula is C7H13ClO2. The van der Waals surface area contributed by atoms with Crippen LogP contribution in [0.25, 0.3) is 0 Å². The van der Waals surface area contributed by atoms with Crippen LogP contribution < -0.4 is 0 Å². The van der Waals surface area contributed by atoms with Crippen LogP contribution in [0.2, 0.25) is 0 Å². The Morgan fingerprint density at radius 2 is 2.10 bits per heavy atom. The standard InChI is InChI=1S/C7H13ClO2/c8-6-2-1-5(4-9)3-7(6)10/h5-7,9-10H,1-4H2. The molecular weight excluding hydrogens is 152 g/mol. The molecule has 1 aliphatic rings. The minimum atomic E-state index is -0.410. The van der Waals surface area contributed by atoms with Gasteiger partial charge in [-0.1, -0.05) is 0 Å². The molecule has 0 aliphatic heterocycles. The first kappa shape index (κ1) is 8.31. The summed E-state index contributed by atoms with van der Waals surface area (Å²) in [4.78, 5) is 0. The number of rotatable bonds is 1. The molecule has 0 aromatic heterocycles. The van der Waals surface area contributed by atoms with Crippen molar-refractivity contribution < 1.29 is 10.2 Å². The summed E-state index contributed by atoms with van der Waals surface area (Å²) in [6.07, 6.45) is 2.02. The Morgan fingerprint density at radius 1 is 1.40 bits per heavy atom. The first-order valence-corrected chi connectivity index (χ1v) is 4.10. The van der Waals surface area contributed by atoms with Crippen LogP contribution in [0.3, 0.4) is 0 Å². The fourth-order valence-electron chi connectivity index (χ4n) is 1.36. The van der Waals surface area contributed by atoms with Crippen molar-refractivity contribution in [2.24, 2.45) is 5.92 Å². The van der Waals surface area contributed by atoms with E-state index in [1.54, 1.807) is 0 Å². The molecule has 0 radical (unpaired) electrons. The lowest BCUT2D eigenvalue weighted by Gasteiger charge is -2.28. The van der Waals surface area contributed by atoms with Crippen LogP contribution in [0.5, 0.6) is 0 Å². The van der Waals surface area contributed by atoms with Gasteiger partial charge in [-0.05, 0) is 25.2 Å². The van der Waals surface area contributed by atoms with Crippen LogP contribution >= 0.6 is 11.6 Å². The maximum Gasteiger partial charge on any atom is 0.0707 e. The van der Waals surface area contributed by atoms with E-state index in [1.807, 2.05) is 0 Å². The Balaban J connectivity index is 2.33. The summed E-state index contributed by atoms with van der Waals surface area (Å²) < 4.78 is 0. The lowest BCUT2D eigenvalue weighted by molar-refractivity contribution is 0.0791. The molecule has 60 valence electrons. The highest BCUT2D eigenvalue weighted by atomic mass is 35.5. The second kappa shape index (κ2) is 3.56. The molecule has 1 fully saturated rings. The zero-order valence-corrected chi connectivity index (χ0v) is 6.59. The summed E-state index contributed by atoms with van der Waals surface area (Å²) >= 11 is 5.76. The van der Waals surface area contributed by atoms with E-state index in [1.165, 1.54) is 0 Å². The Labute approximate surface area is 65.8 Å². The molecule has 0 amide bonds. The maximum absolute atomic E-state index is 9.24. The van der Waals surface area contributed by atoms with Gasteiger partial charge in [-0.15, -0.1) is 11.6 Å². The number of aliphatic hydroxyl groups is 2. The quantitative estimate of drug-likeness (QED) is 0.562. The van der Waals surface area contributed by atoms with Crippen LogP contribution in [0.4, 0.5) is 0 Å². The number of hydrogen-bond donors (Lipinski definition) is 2. The molecule has 3 unspecified atom stereocenters. The van der Waals surface area contributed by atoms with Crippen molar-refractivity contribution in [3.05, 3.63) is 0 Å². The highest BCUT2D eigenvalue weighted by Gasteiger charge is 2.26. The van der Waals surface area contributed by atoms with Gasteiger partial charge in [0.15, 0.2) is 0 Å². The smallest absolute Gasteiger partial charge is 0.0707 e. The predicted molar refractivity (Wildman–Crippen MR) is 40.1 cm³/mol. The van der Waals surface area contributed by atoms with Crippen LogP contribution in [0.15, 0.2) is 0 Å². The van der Waals surface area contributed by atoms with Crippen LogP contribution in [-0.4, -0.2) is 28.3 Å².